The van der Waals surface area contributed by atoms with Crippen molar-refractivity contribution in [2.45, 2.75) is 25.2 Å². The molecule has 0 bridgehead atoms. The van der Waals surface area contributed by atoms with Crippen LogP contribution < -0.4 is 53.2 Å². The first kappa shape index (κ1) is 30.4. The molecule has 16 heteroatoms. The Morgan fingerprint density at radius 1 is 1.02 bits per heavy atom. The standard InChI is InChI=1S/C30H21BrN4O11/c1-9(36)32-8-15(38)35-33-7-10-5-12-16(29(45)34-10)26(42)21-11(22(12)31)3-4-30(21)27(43)19-20(28(30)44)25(41)18-17(24(19)40)13(37)6-14(46-2)23(18)39/h5-7,42-44H,3-4,8H2,1-2H3,(H,32,36)(H,34,45)(H,35,38)/t30-/m0/s1. The molecule has 2 amide bonds. The van der Waals surface area contributed by atoms with Crippen LogP contribution in [0.2, 0.25) is 0 Å². The number of amides is 2. The molecular weight excluding hydrogens is 672 g/mol. The maximum absolute atomic E-state index is 13.6. The molecule has 6 N–H and O–H groups in total. The van der Waals surface area contributed by atoms with E-state index < -0.39 is 88.4 Å². The number of carbonyl (C=O) groups is 2. The van der Waals surface area contributed by atoms with Crippen LogP contribution in [-0.4, -0.2) is 52.0 Å². The van der Waals surface area contributed by atoms with E-state index in [1.807, 2.05) is 0 Å². The highest BCUT2D eigenvalue weighted by atomic mass is 79.9. The highest BCUT2D eigenvalue weighted by Crippen LogP contribution is 2.56. The number of benzene rings is 1. The van der Waals surface area contributed by atoms with Gasteiger partial charge in [0.05, 0.1) is 51.8 Å². The van der Waals surface area contributed by atoms with E-state index in [9.17, 15) is 48.9 Å². The van der Waals surface area contributed by atoms with Crippen LogP contribution in [0.25, 0.3) is 22.3 Å². The topological polar surface area (TPSA) is 242 Å². The van der Waals surface area contributed by atoms with E-state index in [1.165, 1.54) is 13.0 Å². The van der Waals surface area contributed by atoms with E-state index in [-0.39, 0.29) is 45.9 Å². The summed E-state index contributed by atoms with van der Waals surface area (Å²) in [6.07, 6.45) is 1.01. The summed E-state index contributed by atoms with van der Waals surface area (Å²) in [5.74, 6) is -3.83. The zero-order valence-corrected chi connectivity index (χ0v) is 25.4. The maximum atomic E-state index is 13.6. The molecule has 15 nitrogen and oxygen atoms in total. The fourth-order valence-electron chi connectivity index (χ4n) is 6.30. The number of phenolic OH excluding ortho intramolecular Hbond substituents is 1. The molecule has 0 fully saturated rings. The second-order valence-electron chi connectivity index (χ2n) is 10.7. The molecular formula is C30H21BrN4O11. The molecule has 1 aromatic carbocycles. The van der Waals surface area contributed by atoms with Gasteiger partial charge in [0.25, 0.3) is 11.5 Å². The molecule has 234 valence electrons. The molecule has 0 saturated heterocycles. The third kappa shape index (κ3) is 4.02. The number of aliphatic hydroxyl groups excluding tert-OH is 2. The lowest BCUT2D eigenvalue weighted by atomic mass is 9.78. The second-order valence-corrected chi connectivity index (χ2v) is 11.5. The number of aromatic hydroxyl groups is 1. The molecule has 0 saturated carbocycles. The number of nitrogens with zero attached hydrogens (tertiary/aromatic N) is 1. The molecule has 0 aliphatic heterocycles. The van der Waals surface area contributed by atoms with Gasteiger partial charge in [-0.2, -0.15) is 5.10 Å². The number of halogens is 1. The molecule has 0 radical (unpaired) electrons. The zero-order valence-electron chi connectivity index (χ0n) is 23.8. The Kier molecular flexibility index (Phi) is 6.92. The normalized spacial score (nSPS) is 16.8. The van der Waals surface area contributed by atoms with Crippen LogP contribution in [0.3, 0.4) is 0 Å². The van der Waals surface area contributed by atoms with E-state index in [4.69, 9.17) is 4.74 Å². The third-order valence-electron chi connectivity index (χ3n) is 8.27. The van der Waals surface area contributed by atoms with Crippen molar-refractivity contribution in [3.05, 3.63) is 106 Å². The third-order valence-corrected chi connectivity index (χ3v) is 9.17. The smallest absolute Gasteiger partial charge is 0.260 e. The van der Waals surface area contributed by atoms with Gasteiger partial charge < -0.3 is 30.4 Å². The number of pyridine rings is 1. The molecule has 4 aliphatic rings. The van der Waals surface area contributed by atoms with Crippen molar-refractivity contribution in [1.29, 1.82) is 0 Å². The van der Waals surface area contributed by atoms with Crippen molar-refractivity contribution in [1.82, 2.24) is 15.7 Å². The van der Waals surface area contributed by atoms with E-state index in [0.29, 0.717) is 5.56 Å². The van der Waals surface area contributed by atoms with Crippen molar-refractivity contribution in [3.8, 4) is 11.5 Å². The zero-order chi connectivity index (χ0) is 33.4. The van der Waals surface area contributed by atoms with E-state index in [2.05, 4.69) is 36.8 Å². The Balaban J connectivity index is 1.58. The van der Waals surface area contributed by atoms with Gasteiger partial charge in [-0.05, 0) is 40.4 Å². The van der Waals surface area contributed by atoms with Crippen LogP contribution in [0, 0.1) is 10.4 Å². The summed E-state index contributed by atoms with van der Waals surface area (Å²) in [6, 6.07) is 2.19. The number of ether oxygens (including phenoxy) is 1. The first-order chi connectivity index (χ1) is 21.8. The van der Waals surface area contributed by atoms with Crippen LogP contribution in [0.5, 0.6) is 11.5 Å². The van der Waals surface area contributed by atoms with Crippen LogP contribution in [-0.2, 0) is 21.4 Å². The largest absolute Gasteiger partial charge is 0.510 e. The van der Waals surface area contributed by atoms with Crippen molar-refractivity contribution < 1.29 is 29.6 Å². The monoisotopic (exact) mass is 692 g/mol. The minimum Gasteiger partial charge on any atom is -0.510 e. The highest BCUT2D eigenvalue weighted by molar-refractivity contribution is 9.10. The van der Waals surface area contributed by atoms with Gasteiger partial charge in [-0.3, -0.25) is 33.6 Å². The van der Waals surface area contributed by atoms with Gasteiger partial charge in [-0.15, -0.1) is 0 Å². The average Bonchev–Trinajstić information content (AvgIpc) is 3.51. The number of nitrogens with one attached hydrogen (secondary N) is 3. The quantitative estimate of drug-likeness (QED) is 0.0974. The van der Waals surface area contributed by atoms with Crippen molar-refractivity contribution in [3.63, 3.8) is 0 Å². The van der Waals surface area contributed by atoms with E-state index in [1.54, 1.807) is 0 Å². The molecule has 1 aromatic heterocycles. The van der Waals surface area contributed by atoms with Crippen molar-refractivity contribution >= 4 is 56.2 Å². The lowest BCUT2D eigenvalue weighted by Crippen LogP contribution is -2.51. The molecule has 6 rings (SSSR count). The number of aliphatic hydroxyl groups is 2. The summed E-state index contributed by atoms with van der Waals surface area (Å²) in [5.41, 5.74) is -4.80. The number of rotatable bonds is 5. The maximum Gasteiger partial charge on any atom is 0.260 e. The summed E-state index contributed by atoms with van der Waals surface area (Å²) < 4.78 is 5.17. The summed E-state index contributed by atoms with van der Waals surface area (Å²) >= 11 is 3.45. The second kappa shape index (κ2) is 10.5. The van der Waals surface area contributed by atoms with Crippen LogP contribution in [0.1, 0.15) is 30.2 Å². The van der Waals surface area contributed by atoms with Gasteiger partial charge in [0.2, 0.25) is 22.2 Å². The fraction of sp³-hybridized carbons (Fsp3) is 0.200. The van der Waals surface area contributed by atoms with Crippen molar-refractivity contribution in [2.75, 3.05) is 13.7 Å². The first-order valence-corrected chi connectivity index (χ1v) is 14.3. The molecule has 1 spiro atoms. The molecule has 46 heavy (non-hydrogen) atoms. The summed E-state index contributed by atoms with van der Waals surface area (Å²) in [7, 11) is 1.10. The number of hydrazone groups is 1. The predicted molar refractivity (Wildman–Crippen MR) is 165 cm³/mol. The Morgan fingerprint density at radius 2 is 1.67 bits per heavy atom. The predicted octanol–water partition coefficient (Wildman–Crippen LogP) is -2.14. The van der Waals surface area contributed by atoms with E-state index >= 15 is 0 Å². The van der Waals surface area contributed by atoms with Crippen LogP contribution >= 0.6 is 15.9 Å². The minimum atomic E-state index is -2.06. The number of methoxy groups -OCH3 is 1. The number of phenols is 1. The number of fused-ring (bicyclic) bond motifs is 4. The number of H-pyrrole nitrogens is 1. The first-order valence-electron chi connectivity index (χ1n) is 13.5. The van der Waals surface area contributed by atoms with Crippen LogP contribution in [0.15, 0.2) is 45.7 Å². The summed E-state index contributed by atoms with van der Waals surface area (Å²) in [4.78, 5) is 91.5. The molecule has 4 aliphatic carbocycles. The van der Waals surface area contributed by atoms with Gasteiger partial charge in [0.15, 0.2) is 11.2 Å². The van der Waals surface area contributed by atoms with E-state index in [0.717, 1.165) is 19.4 Å². The molecule has 1 heterocycles. The number of aromatic amines is 1. The van der Waals surface area contributed by atoms with Gasteiger partial charge >= 0.3 is 0 Å². The SMILES string of the molecule is COc1cc(=O)c2c(=O)c3c(c(=O)c=2c1=O)=C(O)[C@]1(CCc2c1c(O)c1c(=O)[nH]c(C=NNC(=O)CNC(C)=O)cc1c2Br)C=3O. The van der Waals surface area contributed by atoms with Gasteiger partial charge in [-0.1, -0.05) is 0 Å². The number of aromatic nitrogens is 1. The summed E-state index contributed by atoms with van der Waals surface area (Å²) in [5, 5.41) is 37.8. The highest BCUT2D eigenvalue weighted by Gasteiger charge is 2.53. The Hall–Kier alpha value is -5.64. The van der Waals surface area contributed by atoms with Gasteiger partial charge in [0.1, 0.15) is 22.7 Å². The van der Waals surface area contributed by atoms with Gasteiger partial charge in [0, 0.05) is 28.4 Å². The van der Waals surface area contributed by atoms with Crippen molar-refractivity contribution in [2.24, 2.45) is 5.10 Å². The lowest BCUT2D eigenvalue weighted by Gasteiger charge is -2.27. The molecule has 0 unspecified atom stereocenters. The fourth-order valence-corrected chi connectivity index (χ4v) is 7.01. The lowest BCUT2D eigenvalue weighted by molar-refractivity contribution is -0.125. The van der Waals surface area contributed by atoms with Gasteiger partial charge in [-0.25, -0.2) is 5.43 Å². The number of carbonyl (C=O) groups excluding carboxylic acids is 2. The Morgan fingerprint density at radius 3 is 2.30 bits per heavy atom. The average molecular weight is 693 g/mol. The van der Waals surface area contributed by atoms with Crippen LogP contribution in [0.4, 0.5) is 0 Å². The number of hydrogen-bond donors (Lipinski definition) is 6. The molecule has 1 atom stereocenters. The molecule has 2 aromatic rings. The summed E-state index contributed by atoms with van der Waals surface area (Å²) in [6.45, 7) is 0.912. The number of hydrogen-bond acceptors (Lipinski definition) is 12. The Bertz CT molecular complexity index is 2610. The minimum absolute atomic E-state index is 0.0618. The Labute approximate surface area is 262 Å².